The number of carbonyl (C=O) groups excluding carboxylic acids is 2. The standard InChI is InChI=1S/C12H21N5O2S/c1-5-17(6-2)8(18)7-16(4)12-9(11(19)14-3)10(13)15-20-12/h5-7H2,1-4H3,(H2,13,15)(H,14,19). The van der Waals surface area contributed by atoms with E-state index in [1.807, 2.05) is 13.8 Å². The fraction of sp³-hybridized carbons (Fsp3) is 0.583. The van der Waals surface area contributed by atoms with Crippen LogP contribution >= 0.6 is 11.5 Å². The van der Waals surface area contributed by atoms with E-state index in [2.05, 4.69) is 9.69 Å². The van der Waals surface area contributed by atoms with Gasteiger partial charge >= 0.3 is 0 Å². The average Bonchev–Trinajstić information content (AvgIpc) is 2.81. The highest BCUT2D eigenvalue weighted by atomic mass is 32.1. The Bertz CT molecular complexity index is 484. The van der Waals surface area contributed by atoms with Crippen LogP contribution in [-0.4, -0.2) is 54.8 Å². The molecule has 8 heteroatoms. The van der Waals surface area contributed by atoms with E-state index in [9.17, 15) is 9.59 Å². The molecule has 0 atom stereocenters. The highest BCUT2D eigenvalue weighted by molar-refractivity contribution is 7.11. The van der Waals surface area contributed by atoms with Crippen molar-refractivity contribution in [3.05, 3.63) is 5.56 Å². The van der Waals surface area contributed by atoms with Crippen LogP contribution in [0.1, 0.15) is 24.2 Å². The molecule has 112 valence electrons. The maximum atomic E-state index is 12.1. The lowest BCUT2D eigenvalue weighted by molar-refractivity contribution is -0.129. The number of nitrogens with zero attached hydrogens (tertiary/aromatic N) is 3. The van der Waals surface area contributed by atoms with Crippen molar-refractivity contribution in [2.45, 2.75) is 13.8 Å². The van der Waals surface area contributed by atoms with Crippen LogP contribution in [0.25, 0.3) is 0 Å². The minimum atomic E-state index is -0.298. The Hall–Kier alpha value is -1.83. The molecular weight excluding hydrogens is 278 g/mol. The molecule has 0 aliphatic rings. The number of amides is 2. The van der Waals surface area contributed by atoms with Gasteiger partial charge < -0.3 is 20.9 Å². The van der Waals surface area contributed by atoms with Crippen LogP contribution in [0.4, 0.5) is 10.8 Å². The van der Waals surface area contributed by atoms with Crippen molar-refractivity contribution >= 4 is 34.2 Å². The number of likely N-dealkylation sites (N-methyl/N-ethyl adjacent to an activating group) is 2. The highest BCUT2D eigenvalue weighted by Crippen LogP contribution is 2.29. The lowest BCUT2D eigenvalue weighted by atomic mass is 10.2. The maximum absolute atomic E-state index is 12.1. The number of nitrogens with two attached hydrogens (primary N) is 1. The summed E-state index contributed by atoms with van der Waals surface area (Å²) >= 11 is 1.12. The Morgan fingerprint density at radius 3 is 2.45 bits per heavy atom. The topological polar surface area (TPSA) is 91.6 Å². The Labute approximate surface area is 122 Å². The van der Waals surface area contributed by atoms with E-state index in [0.29, 0.717) is 23.7 Å². The number of anilines is 2. The quantitative estimate of drug-likeness (QED) is 0.793. The van der Waals surface area contributed by atoms with Crippen molar-refractivity contribution in [1.29, 1.82) is 0 Å². The lowest BCUT2D eigenvalue weighted by Gasteiger charge is -2.23. The molecule has 1 aromatic rings. The summed E-state index contributed by atoms with van der Waals surface area (Å²) < 4.78 is 3.99. The van der Waals surface area contributed by atoms with Gasteiger partial charge in [0, 0.05) is 27.2 Å². The molecule has 0 aliphatic carbocycles. The smallest absolute Gasteiger partial charge is 0.257 e. The molecule has 2 amide bonds. The molecule has 0 fully saturated rings. The molecule has 0 bridgehead atoms. The van der Waals surface area contributed by atoms with Crippen LogP contribution in [-0.2, 0) is 4.79 Å². The summed E-state index contributed by atoms with van der Waals surface area (Å²) in [5, 5.41) is 3.13. The Morgan fingerprint density at radius 2 is 1.95 bits per heavy atom. The van der Waals surface area contributed by atoms with E-state index in [1.165, 1.54) is 7.05 Å². The van der Waals surface area contributed by atoms with Crippen LogP contribution in [0.3, 0.4) is 0 Å². The van der Waals surface area contributed by atoms with E-state index >= 15 is 0 Å². The number of rotatable bonds is 6. The second kappa shape index (κ2) is 7.09. The summed E-state index contributed by atoms with van der Waals surface area (Å²) in [7, 11) is 3.28. The number of hydrogen-bond acceptors (Lipinski definition) is 6. The van der Waals surface area contributed by atoms with Crippen LogP contribution in [0.2, 0.25) is 0 Å². The van der Waals surface area contributed by atoms with Gasteiger partial charge in [-0.05, 0) is 25.4 Å². The van der Waals surface area contributed by atoms with Gasteiger partial charge in [0.1, 0.15) is 10.6 Å². The third-order valence-corrected chi connectivity index (χ3v) is 3.97. The zero-order valence-electron chi connectivity index (χ0n) is 12.3. The molecule has 20 heavy (non-hydrogen) atoms. The Morgan fingerprint density at radius 1 is 1.35 bits per heavy atom. The predicted octanol–water partition coefficient (Wildman–Crippen LogP) is 0.390. The number of nitrogen functional groups attached to an aromatic ring is 1. The van der Waals surface area contributed by atoms with Crippen LogP contribution in [0, 0.1) is 0 Å². The molecule has 1 rings (SSSR count). The first-order chi connectivity index (χ1) is 9.46. The van der Waals surface area contributed by atoms with Crippen LogP contribution < -0.4 is 16.0 Å². The van der Waals surface area contributed by atoms with Crippen molar-refractivity contribution < 1.29 is 9.59 Å². The largest absolute Gasteiger partial charge is 0.382 e. The molecule has 0 aliphatic heterocycles. The number of carbonyl (C=O) groups is 2. The van der Waals surface area contributed by atoms with Crippen molar-refractivity contribution in [1.82, 2.24) is 14.6 Å². The van der Waals surface area contributed by atoms with Gasteiger partial charge in [-0.3, -0.25) is 9.59 Å². The van der Waals surface area contributed by atoms with Gasteiger partial charge in [-0.1, -0.05) is 0 Å². The minimum Gasteiger partial charge on any atom is -0.382 e. The summed E-state index contributed by atoms with van der Waals surface area (Å²) in [6.45, 7) is 5.38. The third-order valence-electron chi connectivity index (χ3n) is 2.99. The first-order valence-electron chi connectivity index (χ1n) is 6.42. The van der Waals surface area contributed by atoms with Crippen LogP contribution in [0.5, 0.6) is 0 Å². The molecule has 1 heterocycles. The summed E-state index contributed by atoms with van der Waals surface area (Å²) in [5.41, 5.74) is 6.04. The van der Waals surface area contributed by atoms with Gasteiger partial charge in [0.2, 0.25) is 5.91 Å². The molecule has 0 saturated heterocycles. The molecular formula is C12H21N5O2S. The van der Waals surface area contributed by atoms with Crippen molar-refractivity contribution in [2.24, 2.45) is 0 Å². The van der Waals surface area contributed by atoms with E-state index < -0.39 is 0 Å². The summed E-state index contributed by atoms with van der Waals surface area (Å²) in [6.07, 6.45) is 0. The molecule has 0 unspecified atom stereocenters. The number of hydrogen-bond donors (Lipinski definition) is 2. The van der Waals surface area contributed by atoms with Gasteiger partial charge in [-0.25, -0.2) is 0 Å². The minimum absolute atomic E-state index is 0.00679. The first kappa shape index (κ1) is 16.2. The highest BCUT2D eigenvalue weighted by Gasteiger charge is 2.23. The van der Waals surface area contributed by atoms with Crippen molar-refractivity contribution in [2.75, 3.05) is 44.4 Å². The normalized spacial score (nSPS) is 10.2. The van der Waals surface area contributed by atoms with E-state index in [1.54, 1.807) is 16.8 Å². The molecule has 1 aromatic heterocycles. The van der Waals surface area contributed by atoms with E-state index in [0.717, 1.165) is 11.5 Å². The van der Waals surface area contributed by atoms with Gasteiger partial charge in [0.25, 0.3) is 5.91 Å². The zero-order chi connectivity index (χ0) is 15.3. The van der Waals surface area contributed by atoms with Crippen LogP contribution in [0.15, 0.2) is 0 Å². The maximum Gasteiger partial charge on any atom is 0.257 e. The van der Waals surface area contributed by atoms with E-state index in [-0.39, 0.29) is 24.2 Å². The fourth-order valence-corrected chi connectivity index (χ4v) is 2.61. The van der Waals surface area contributed by atoms with Gasteiger partial charge in [0.05, 0.1) is 6.54 Å². The van der Waals surface area contributed by atoms with Crippen molar-refractivity contribution in [3.8, 4) is 0 Å². The summed E-state index contributed by atoms with van der Waals surface area (Å²) in [6, 6.07) is 0. The Kier molecular flexibility index (Phi) is 5.75. The fourth-order valence-electron chi connectivity index (χ4n) is 1.84. The van der Waals surface area contributed by atoms with Gasteiger partial charge in [-0.15, -0.1) is 0 Å². The second-order valence-electron chi connectivity index (χ2n) is 4.25. The predicted molar refractivity (Wildman–Crippen MR) is 81.1 cm³/mol. The van der Waals surface area contributed by atoms with E-state index in [4.69, 9.17) is 5.73 Å². The second-order valence-corrected chi connectivity index (χ2v) is 5.00. The molecule has 7 nitrogen and oxygen atoms in total. The summed E-state index contributed by atoms with van der Waals surface area (Å²) in [4.78, 5) is 27.3. The SMILES string of the molecule is CCN(CC)C(=O)CN(C)c1snc(N)c1C(=O)NC. The molecule has 0 spiro atoms. The van der Waals surface area contributed by atoms with Gasteiger partial charge in [0.15, 0.2) is 5.82 Å². The monoisotopic (exact) mass is 299 g/mol. The molecule has 0 saturated carbocycles. The lowest BCUT2D eigenvalue weighted by Crippen LogP contribution is -2.39. The van der Waals surface area contributed by atoms with Gasteiger partial charge in [-0.2, -0.15) is 4.37 Å². The third kappa shape index (κ3) is 3.38. The average molecular weight is 299 g/mol. The molecule has 3 N–H and O–H groups in total. The van der Waals surface area contributed by atoms with Crippen molar-refractivity contribution in [3.63, 3.8) is 0 Å². The number of aromatic nitrogens is 1. The zero-order valence-corrected chi connectivity index (χ0v) is 13.1. The Balaban J connectivity index is 2.91. The summed E-state index contributed by atoms with van der Waals surface area (Å²) in [5.74, 6) is -0.104. The molecule has 0 aromatic carbocycles. The first-order valence-corrected chi connectivity index (χ1v) is 7.19. The number of nitrogens with one attached hydrogen (secondary N) is 1. The molecule has 0 radical (unpaired) electrons.